The molecule has 2 aromatic carbocycles. The highest BCUT2D eigenvalue weighted by atomic mass is 16.2. The third-order valence-electron chi connectivity index (χ3n) is 6.64. The molecule has 2 aromatic rings. The minimum Gasteiger partial charge on any atom is -0.369 e. The van der Waals surface area contributed by atoms with Crippen molar-refractivity contribution >= 4 is 11.6 Å². The molecule has 1 N–H and O–H groups in total. The Balaban J connectivity index is 1.30. The molecule has 156 valence electrons. The molecule has 0 bridgehead atoms. The van der Waals surface area contributed by atoms with E-state index in [9.17, 15) is 10.1 Å². The molecular weight excluding hydrogens is 372 g/mol. The summed E-state index contributed by atoms with van der Waals surface area (Å²) >= 11 is 0. The number of nitriles is 1. The Morgan fingerprint density at radius 2 is 1.73 bits per heavy atom. The number of para-hydroxylation sites is 1. The summed E-state index contributed by atoms with van der Waals surface area (Å²) in [6, 6.07) is 20.7. The van der Waals surface area contributed by atoms with Gasteiger partial charge in [0, 0.05) is 38.1 Å². The maximum atomic E-state index is 12.7. The van der Waals surface area contributed by atoms with Crippen LogP contribution in [0.15, 0.2) is 54.6 Å². The summed E-state index contributed by atoms with van der Waals surface area (Å²) in [6.45, 7) is 4.65. The quantitative estimate of drug-likeness (QED) is 0.805. The molecule has 0 radical (unpaired) electrons. The van der Waals surface area contributed by atoms with Crippen LogP contribution in [0.25, 0.3) is 0 Å². The van der Waals surface area contributed by atoms with Crippen LogP contribution >= 0.6 is 0 Å². The Kier molecular flexibility index (Phi) is 6.35. The average molecular weight is 403 g/mol. The van der Waals surface area contributed by atoms with E-state index in [1.54, 1.807) is 0 Å². The van der Waals surface area contributed by atoms with Gasteiger partial charge in [-0.2, -0.15) is 5.26 Å². The molecule has 0 unspecified atom stereocenters. The van der Waals surface area contributed by atoms with E-state index in [0.717, 1.165) is 63.2 Å². The van der Waals surface area contributed by atoms with Crippen molar-refractivity contribution in [3.8, 4) is 6.07 Å². The van der Waals surface area contributed by atoms with Crippen molar-refractivity contribution in [2.24, 2.45) is 0 Å². The predicted molar refractivity (Wildman–Crippen MR) is 119 cm³/mol. The van der Waals surface area contributed by atoms with Gasteiger partial charge in [0.05, 0.1) is 17.8 Å². The summed E-state index contributed by atoms with van der Waals surface area (Å²) in [6.07, 6.45) is 4.51. The Morgan fingerprint density at radius 1 is 0.967 bits per heavy atom. The Labute approximate surface area is 179 Å². The monoisotopic (exact) mass is 402 g/mol. The standard InChI is InChI=1S/C25H30N4O/c26-18-21-8-4-5-11-23(21)29-15-7-14-28(16-17-29)19-24(30)27-20-25(12-6-13-25)22-9-2-1-3-10-22/h1-5,8-11H,6-7,12-17,19-20H2,(H,27,30). The summed E-state index contributed by atoms with van der Waals surface area (Å²) in [5.41, 5.74) is 3.18. The van der Waals surface area contributed by atoms with Gasteiger partial charge in [-0.05, 0) is 37.0 Å². The van der Waals surface area contributed by atoms with Crippen LogP contribution in [-0.2, 0) is 10.2 Å². The van der Waals surface area contributed by atoms with E-state index in [1.807, 2.05) is 30.3 Å². The van der Waals surface area contributed by atoms with Gasteiger partial charge < -0.3 is 10.2 Å². The summed E-state index contributed by atoms with van der Waals surface area (Å²) in [5, 5.41) is 12.6. The number of amides is 1. The maximum absolute atomic E-state index is 12.7. The van der Waals surface area contributed by atoms with E-state index in [1.165, 1.54) is 12.0 Å². The largest absolute Gasteiger partial charge is 0.369 e. The zero-order valence-electron chi connectivity index (χ0n) is 17.5. The summed E-state index contributed by atoms with van der Waals surface area (Å²) in [7, 11) is 0. The molecule has 5 heteroatoms. The molecule has 5 nitrogen and oxygen atoms in total. The van der Waals surface area contributed by atoms with Crippen LogP contribution in [-0.4, -0.2) is 50.1 Å². The lowest BCUT2D eigenvalue weighted by molar-refractivity contribution is -0.122. The molecule has 30 heavy (non-hydrogen) atoms. The van der Waals surface area contributed by atoms with Crippen molar-refractivity contribution in [3.05, 3.63) is 65.7 Å². The number of nitrogens with zero attached hydrogens (tertiary/aromatic N) is 3. The highest BCUT2D eigenvalue weighted by molar-refractivity contribution is 5.78. The molecule has 2 aliphatic rings. The number of nitrogens with one attached hydrogen (secondary N) is 1. The van der Waals surface area contributed by atoms with Gasteiger partial charge >= 0.3 is 0 Å². The number of rotatable bonds is 6. The molecule has 1 saturated carbocycles. The fourth-order valence-corrected chi connectivity index (χ4v) is 4.70. The lowest BCUT2D eigenvalue weighted by Gasteiger charge is -2.42. The fraction of sp³-hybridized carbons (Fsp3) is 0.440. The molecule has 2 fully saturated rings. The third kappa shape index (κ3) is 4.49. The number of anilines is 1. The number of benzene rings is 2. The zero-order valence-corrected chi connectivity index (χ0v) is 17.5. The molecule has 1 amide bonds. The number of hydrogen-bond acceptors (Lipinski definition) is 4. The summed E-state index contributed by atoms with van der Waals surface area (Å²) < 4.78 is 0. The summed E-state index contributed by atoms with van der Waals surface area (Å²) in [5.74, 6) is 0.114. The first kappa shape index (κ1) is 20.4. The molecule has 1 aliphatic carbocycles. The van der Waals surface area contributed by atoms with Crippen molar-refractivity contribution in [1.82, 2.24) is 10.2 Å². The van der Waals surface area contributed by atoms with Crippen LogP contribution in [0.3, 0.4) is 0 Å². The van der Waals surface area contributed by atoms with Gasteiger partial charge in [-0.1, -0.05) is 48.9 Å². The molecular formula is C25H30N4O. The first-order valence-corrected chi connectivity index (χ1v) is 11.0. The van der Waals surface area contributed by atoms with Crippen LogP contribution in [0, 0.1) is 11.3 Å². The van der Waals surface area contributed by atoms with Gasteiger partial charge in [0.15, 0.2) is 0 Å². The van der Waals surface area contributed by atoms with E-state index in [-0.39, 0.29) is 11.3 Å². The molecule has 1 heterocycles. The second-order valence-corrected chi connectivity index (χ2v) is 8.52. The van der Waals surface area contributed by atoms with Gasteiger partial charge in [-0.15, -0.1) is 0 Å². The van der Waals surface area contributed by atoms with Crippen molar-refractivity contribution in [1.29, 1.82) is 5.26 Å². The van der Waals surface area contributed by atoms with E-state index >= 15 is 0 Å². The van der Waals surface area contributed by atoms with E-state index in [0.29, 0.717) is 6.54 Å². The van der Waals surface area contributed by atoms with Gasteiger partial charge in [-0.3, -0.25) is 9.69 Å². The minimum absolute atomic E-state index is 0.114. The van der Waals surface area contributed by atoms with Crippen molar-refractivity contribution in [2.45, 2.75) is 31.1 Å². The van der Waals surface area contributed by atoms with Crippen LogP contribution in [0.1, 0.15) is 36.8 Å². The average Bonchev–Trinajstić information content (AvgIpc) is 2.99. The number of hydrogen-bond donors (Lipinski definition) is 1. The van der Waals surface area contributed by atoms with Gasteiger partial charge in [-0.25, -0.2) is 0 Å². The van der Waals surface area contributed by atoms with Crippen molar-refractivity contribution in [2.75, 3.05) is 44.2 Å². The van der Waals surface area contributed by atoms with Gasteiger partial charge in [0.2, 0.25) is 5.91 Å². The summed E-state index contributed by atoms with van der Waals surface area (Å²) in [4.78, 5) is 17.2. The molecule has 0 aromatic heterocycles. The van der Waals surface area contributed by atoms with Gasteiger partial charge in [0.25, 0.3) is 0 Å². The number of carbonyl (C=O) groups is 1. The Bertz CT molecular complexity index is 901. The van der Waals surface area contributed by atoms with Crippen LogP contribution in [0.4, 0.5) is 5.69 Å². The minimum atomic E-state index is 0.114. The molecule has 0 atom stereocenters. The van der Waals surface area contributed by atoms with Crippen LogP contribution in [0.2, 0.25) is 0 Å². The van der Waals surface area contributed by atoms with E-state index in [4.69, 9.17) is 0 Å². The lowest BCUT2D eigenvalue weighted by atomic mass is 9.64. The Morgan fingerprint density at radius 3 is 2.47 bits per heavy atom. The highest BCUT2D eigenvalue weighted by Gasteiger charge is 2.38. The maximum Gasteiger partial charge on any atom is 0.234 e. The lowest BCUT2D eigenvalue weighted by Crippen LogP contribution is -2.48. The second-order valence-electron chi connectivity index (χ2n) is 8.52. The topological polar surface area (TPSA) is 59.4 Å². The smallest absolute Gasteiger partial charge is 0.234 e. The SMILES string of the molecule is N#Cc1ccccc1N1CCCN(CC(=O)NCC2(c3ccccc3)CCC2)CC1. The zero-order chi connectivity index (χ0) is 20.8. The normalized spacial score (nSPS) is 18.7. The molecule has 1 aliphatic heterocycles. The third-order valence-corrected chi connectivity index (χ3v) is 6.64. The second kappa shape index (κ2) is 9.32. The van der Waals surface area contributed by atoms with Crippen molar-refractivity contribution < 1.29 is 4.79 Å². The van der Waals surface area contributed by atoms with Crippen molar-refractivity contribution in [3.63, 3.8) is 0 Å². The van der Waals surface area contributed by atoms with E-state index in [2.05, 4.69) is 45.5 Å². The number of carbonyl (C=O) groups excluding carboxylic acids is 1. The highest BCUT2D eigenvalue weighted by Crippen LogP contribution is 2.43. The van der Waals surface area contributed by atoms with Crippen LogP contribution < -0.4 is 10.2 Å². The van der Waals surface area contributed by atoms with Crippen LogP contribution in [0.5, 0.6) is 0 Å². The first-order chi connectivity index (χ1) is 14.7. The van der Waals surface area contributed by atoms with Gasteiger partial charge in [0.1, 0.15) is 6.07 Å². The predicted octanol–water partition coefficient (Wildman–Crippen LogP) is 3.31. The molecule has 0 spiro atoms. The molecule has 1 saturated heterocycles. The Hall–Kier alpha value is -2.84. The fourth-order valence-electron chi connectivity index (χ4n) is 4.70. The molecule has 4 rings (SSSR count). The first-order valence-electron chi connectivity index (χ1n) is 11.0. The van der Waals surface area contributed by atoms with E-state index < -0.39 is 0 Å².